The zero-order valence-corrected chi connectivity index (χ0v) is 27.2. The molecule has 216 valence electrons. The lowest BCUT2D eigenvalue weighted by atomic mass is 10.2. The van der Waals surface area contributed by atoms with Crippen molar-refractivity contribution in [2.75, 3.05) is 0 Å². The normalized spacial score (nSPS) is 12.9. The molecule has 2 heteroatoms. The summed E-state index contributed by atoms with van der Waals surface area (Å²) in [6.07, 6.45) is 0. The van der Waals surface area contributed by atoms with Crippen LogP contribution in [0.2, 0.25) is 0 Å². The first-order valence-electron chi connectivity index (χ1n) is 17.4. The minimum Gasteiger partial charge on any atom is -0.0624 e. The summed E-state index contributed by atoms with van der Waals surface area (Å²) in [6.45, 7) is 1.75. The quantitative estimate of drug-likeness (QED) is 0.172. The van der Waals surface area contributed by atoms with Gasteiger partial charge in [-0.3, -0.25) is 0 Å². The molecular formula is C43H36Si2. The fraction of sp³-hybridized carbons (Fsp3) is 0.0233. The minimum atomic E-state index is -3.44. The molecule has 0 bridgehead atoms. The van der Waals surface area contributed by atoms with Gasteiger partial charge in [-0.1, -0.05) is 206 Å². The van der Waals surface area contributed by atoms with Gasteiger partial charge in [0.25, 0.3) is 0 Å². The molecule has 0 spiro atoms. The Morgan fingerprint density at radius 2 is 0.667 bits per heavy atom. The van der Waals surface area contributed by atoms with Gasteiger partial charge in [0.1, 0.15) is 0 Å². The maximum Gasteiger partial charge on any atom is 0.179 e. The van der Waals surface area contributed by atoms with Crippen LogP contribution in [-0.2, 0) is 0 Å². The third kappa shape index (κ3) is 5.02. The monoisotopic (exact) mass is 612 g/mol. The molecule has 0 N–H and O–H groups in total. The average molecular weight is 613 g/mol. The molecule has 0 fully saturated rings. The third-order valence-electron chi connectivity index (χ3n) is 8.89. The Hall–Kier alpha value is -5.03. The van der Waals surface area contributed by atoms with Crippen molar-refractivity contribution >= 4 is 57.6 Å². The third-order valence-corrected chi connectivity index (χ3v) is 18.2. The van der Waals surface area contributed by atoms with Crippen molar-refractivity contribution < 1.29 is 5.48 Å². The molecule has 7 rings (SSSR count). The molecule has 0 saturated heterocycles. The summed E-state index contributed by atoms with van der Waals surface area (Å²) in [5.74, 6) is 0. The lowest BCUT2D eigenvalue weighted by Crippen LogP contribution is -2.77. The highest BCUT2D eigenvalue weighted by Gasteiger charge is 2.45. The Kier molecular flexibility index (Phi) is 6.77. The molecule has 7 aromatic rings. The molecule has 0 radical (unpaired) electrons. The first kappa shape index (κ1) is 24.3. The second kappa shape index (κ2) is 12.5. The van der Waals surface area contributed by atoms with E-state index in [-0.39, 0.29) is 24.2 Å². The van der Waals surface area contributed by atoms with Crippen molar-refractivity contribution in [3.05, 3.63) is 206 Å². The molecule has 0 nitrogen and oxygen atoms in total. The number of hydrogen-bond donors (Lipinski definition) is 0. The molecule has 0 saturated carbocycles. The summed E-state index contributed by atoms with van der Waals surface area (Å²) in [6, 6.07) is 62.0. The average Bonchev–Trinajstić information content (AvgIpc) is 3.17. The SMILES string of the molecule is [2H]c1c([2H])c(C)c([2H])c([Si](c2ccccc2)(c2ccccc2)c2cccc([Si](c3ccccc3)(c3ccccc3)c3ccccc3)c2)c1[2H]. The number of benzene rings is 7. The Morgan fingerprint density at radius 1 is 0.356 bits per heavy atom. The van der Waals surface area contributed by atoms with Gasteiger partial charge in [0.2, 0.25) is 0 Å². The topological polar surface area (TPSA) is 0 Å². The molecular weight excluding hydrogens is 573 g/mol. The van der Waals surface area contributed by atoms with Crippen molar-refractivity contribution in [1.82, 2.24) is 0 Å². The van der Waals surface area contributed by atoms with Crippen LogP contribution in [0.5, 0.6) is 0 Å². The van der Waals surface area contributed by atoms with Crippen molar-refractivity contribution in [3.63, 3.8) is 0 Å². The summed E-state index contributed by atoms with van der Waals surface area (Å²) >= 11 is 0. The molecule has 0 aliphatic rings. The van der Waals surface area contributed by atoms with Gasteiger partial charge in [0, 0.05) is 0 Å². The predicted molar refractivity (Wildman–Crippen MR) is 198 cm³/mol. The summed E-state index contributed by atoms with van der Waals surface area (Å²) < 4.78 is 36.6. The smallest absolute Gasteiger partial charge is 0.0624 e. The summed E-state index contributed by atoms with van der Waals surface area (Å²) in [7, 11) is -6.35. The van der Waals surface area contributed by atoms with Gasteiger partial charge >= 0.3 is 0 Å². The molecule has 0 aliphatic carbocycles. The summed E-state index contributed by atoms with van der Waals surface area (Å²) in [4.78, 5) is 0. The Balaban J connectivity index is 1.67. The van der Waals surface area contributed by atoms with Gasteiger partial charge < -0.3 is 0 Å². The highest BCUT2D eigenvalue weighted by molar-refractivity contribution is 7.22. The molecule has 0 unspecified atom stereocenters. The zero-order valence-electron chi connectivity index (χ0n) is 29.2. The van der Waals surface area contributed by atoms with Crippen LogP contribution in [-0.4, -0.2) is 16.1 Å². The van der Waals surface area contributed by atoms with Crippen LogP contribution in [0.3, 0.4) is 0 Å². The van der Waals surface area contributed by atoms with Crippen LogP contribution in [0.4, 0.5) is 0 Å². The fourth-order valence-electron chi connectivity index (χ4n) is 6.98. The lowest BCUT2D eigenvalue weighted by Gasteiger charge is -2.38. The second-order valence-electron chi connectivity index (χ2n) is 11.4. The fourth-order valence-corrected chi connectivity index (χ4v) is 16.5. The van der Waals surface area contributed by atoms with Crippen molar-refractivity contribution in [3.8, 4) is 0 Å². The highest BCUT2D eigenvalue weighted by atomic mass is 28.3. The number of hydrogen-bond acceptors (Lipinski definition) is 0. The van der Waals surface area contributed by atoms with Gasteiger partial charge in [-0.05, 0) is 48.4 Å². The van der Waals surface area contributed by atoms with E-state index in [9.17, 15) is 2.74 Å². The van der Waals surface area contributed by atoms with Gasteiger partial charge in [-0.15, -0.1) is 0 Å². The largest absolute Gasteiger partial charge is 0.179 e. The second-order valence-corrected chi connectivity index (χ2v) is 19.0. The van der Waals surface area contributed by atoms with Gasteiger partial charge in [0.05, 0.1) is 5.48 Å². The standard InChI is InChI=1S/C43H36Si2/c1-35-19-17-30-41(33-35)45(39-26-13-5-14-27-39,40-28-15-6-16-29-40)43-32-18-31-42(34-43)44(36-20-7-2-8-21-36,37-22-9-3-10-23-37)38-24-11-4-12-25-38/h2-34H,1H3/i17D,19D,30D,33D. The molecule has 0 aliphatic heterocycles. The molecule has 0 amide bonds. The van der Waals surface area contributed by atoms with Gasteiger partial charge in [0.15, 0.2) is 16.1 Å². The van der Waals surface area contributed by atoms with Crippen LogP contribution in [0.1, 0.15) is 11.0 Å². The minimum absolute atomic E-state index is 0.0388. The molecule has 7 aromatic carbocycles. The zero-order chi connectivity index (χ0) is 34.0. The highest BCUT2D eigenvalue weighted by Crippen LogP contribution is 2.13. The van der Waals surface area contributed by atoms with E-state index in [4.69, 9.17) is 2.74 Å². The molecule has 45 heavy (non-hydrogen) atoms. The van der Waals surface area contributed by atoms with Gasteiger partial charge in [-0.25, -0.2) is 0 Å². The van der Waals surface area contributed by atoms with Crippen LogP contribution in [0.25, 0.3) is 0 Å². The maximum absolute atomic E-state index is 9.58. The van der Waals surface area contributed by atoms with E-state index < -0.39 is 16.1 Å². The number of rotatable bonds is 8. The molecule has 0 aromatic heterocycles. The van der Waals surface area contributed by atoms with E-state index in [1.54, 1.807) is 6.92 Å². The van der Waals surface area contributed by atoms with Crippen LogP contribution in [0, 0.1) is 6.92 Å². The summed E-state index contributed by atoms with van der Waals surface area (Å²) in [5.41, 5.74) is 0.428. The van der Waals surface area contributed by atoms with Crippen LogP contribution in [0.15, 0.2) is 200 Å². The predicted octanol–water partition coefficient (Wildman–Crippen LogP) is 4.75. The Morgan fingerprint density at radius 3 is 1.02 bits per heavy atom. The lowest BCUT2D eigenvalue weighted by molar-refractivity contribution is 1.49. The molecule has 0 atom stereocenters. The van der Waals surface area contributed by atoms with E-state index in [0.29, 0.717) is 10.8 Å². The Labute approximate surface area is 275 Å². The molecule has 0 heterocycles. The Bertz CT molecular complexity index is 2040. The van der Waals surface area contributed by atoms with E-state index in [0.717, 1.165) is 15.6 Å². The van der Waals surface area contributed by atoms with E-state index in [2.05, 4.69) is 140 Å². The van der Waals surface area contributed by atoms with Crippen molar-refractivity contribution in [2.24, 2.45) is 0 Å². The first-order valence-corrected chi connectivity index (χ1v) is 19.4. The van der Waals surface area contributed by atoms with Crippen molar-refractivity contribution in [2.45, 2.75) is 6.92 Å². The van der Waals surface area contributed by atoms with Crippen LogP contribution >= 0.6 is 0 Å². The maximum atomic E-state index is 9.58. The van der Waals surface area contributed by atoms with E-state index in [1.165, 1.54) is 20.7 Å². The van der Waals surface area contributed by atoms with E-state index >= 15 is 0 Å². The first-order chi connectivity index (χ1) is 23.9. The van der Waals surface area contributed by atoms with Gasteiger partial charge in [-0.2, -0.15) is 0 Å². The van der Waals surface area contributed by atoms with Crippen LogP contribution < -0.4 is 41.5 Å². The van der Waals surface area contributed by atoms with Crippen molar-refractivity contribution in [1.29, 1.82) is 0 Å². The van der Waals surface area contributed by atoms with E-state index in [1.807, 2.05) is 36.4 Å². The summed E-state index contributed by atoms with van der Waals surface area (Å²) in [5, 5.41) is 8.65.